The van der Waals surface area contributed by atoms with Gasteiger partial charge in [0.15, 0.2) is 6.61 Å². The van der Waals surface area contributed by atoms with Crippen LogP contribution in [-0.2, 0) is 6.61 Å². The van der Waals surface area contributed by atoms with Crippen LogP contribution in [0.25, 0.3) is 0 Å². The van der Waals surface area contributed by atoms with E-state index in [0.29, 0.717) is 11.8 Å². The normalized spacial score (nSPS) is 12.4. The van der Waals surface area contributed by atoms with Gasteiger partial charge in [0.1, 0.15) is 5.75 Å². The summed E-state index contributed by atoms with van der Waals surface area (Å²) in [5.74, 6) is 1.76. The Balaban J connectivity index is 1.95. The number of nitrogens with two attached hydrogens (primary N) is 1. The van der Waals surface area contributed by atoms with Crippen molar-refractivity contribution in [3.8, 4) is 5.75 Å². The van der Waals surface area contributed by atoms with Crippen molar-refractivity contribution in [2.75, 3.05) is 0 Å². The molecule has 0 saturated carbocycles. The summed E-state index contributed by atoms with van der Waals surface area (Å²) in [6.07, 6.45) is 0. The van der Waals surface area contributed by atoms with Gasteiger partial charge in [0.05, 0.1) is 0 Å². The van der Waals surface area contributed by atoms with E-state index in [2.05, 4.69) is 10.2 Å². The van der Waals surface area contributed by atoms with Crippen LogP contribution in [0.5, 0.6) is 5.75 Å². The standard InChI is InChI=1S/C12H15N3O2/c1-8(13)10-3-5-11(6-4-10)16-7-12-15-14-9(2)17-12/h3-6,8H,7,13H2,1-2H3/t8-/m0/s1. The molecule has 0 radical (unpaired) electrons. The first kappa shape index (κ1) is 11.6. The molecule has 0 unspecified atom stereocenters. The Bertz CT molecular complexity index is 477. The summed E-state index contributed by atoms with van der Waals surface area (Å²) >= 11 is 0. The van der Waals surface area contributed by atoms with Gasteiger partial charge in [-0.1, -0.05) is 12.1 Å². The second-order valence-electron chi connectivity index (χ2n) is 3.86. The summed E-state index contributed by atoms with van der Waals surface area (Å²) in [5.41, 5.74) is 6.83. The predicted molar refractivity (Wildman–Crippen MR) is 62.4 cm³/mol. The minimum absolute atomic E-state index is 0.0302. The highest BCUT2D eigenvalue weighted by molar-refractivity contribution is 5.28. The lowest BCUT2D eigenvalue weighted by atomic mass is 10.1. The number of nitrogens with zero attached hydrogens (tertiary/aromatic N) is 2. The third-order valence-corrected chi connectivity index (χ3v) is 2.34. The van der Waals surface area contributed by atoms with Crippen molar-refractivity contribution in [2.24, 2.45) is 5.73 Å². The first-order valence-electron chi connectivity index (χ1n) is 5.42. The highest BCUT2D eigenvalue weighted by Gasteiger charge is 2.04. The molecule has 0 amide bonds. The molecule has 2 N–H and O–H groups in total. The minimum Gasteiger partial charge on any atom is -0.484 e. The summed E-state index contributed by atoms with van der Waals surface area (Å²) < 4.78 is 10.7. The van der Waals surface area contributed by atoms with Crippen molar-refractivity contribution in [3.05, 3.63) is 41.6 Å². The second kappa shape index (κ2) is 4.97. The van der Waals surface area contributed by atoms with E-state index >= 15 is 0 Å². The van der Waals surface area contributed by atoms with Crippen LogP contribution in [0, 0.1) is 6.92 Å². The molecule has 90 valence electrons. The third-order valence-electron chi connectivity index (χ3n) is 2.34. The van der Waals surface area contributed by atoms with E-state index in [1.54, 1.807) is 6.92 Å². The number of ether oxygens (including phenoxy) is 1. The summed E-state index contributed by atoms with van der Waals surface area (Å²) in [6.45, 7) is 3.96. The van der Waals surface area contributed by atoms with Gasteiger partial charge in [-0.15, -0.1) is 10.2 Å². The zero-order valence-electron chi connectivity index (χ0n) is 9.88. The molecular formula is C12H15N3O2. The third kappa shape index (κ3) is 3.04. The van der Waals surface area contributed by atoms with Gasteiger partial charge in [-0.3, -0.25) is 0 Å². The largest absolute Gasteiger partial charge is 0.484 e. The maximum atomic E-state index is 5.76. The quantitative estimate of drug-likeness (QED) is 0.873. The van der Waals surface area contributed by atoms with Crippen LogP contribution in [0.3, 0.4) is 0 Å². The molecule has 17 heavy (non-hydrogen) atoms. The molecular weight excluding hydrogens is 218 g/mol. The smallest absolute Gasteiger partial charge is 0.253 e. The topological polar surface area (TPSA) is 74.2 Å². The number of benzene rings is 1. The van der Waals surface area contributed by atoms with Crippen molar-refractivity contribution in [3.63, 3.8) is 0 Å². The maximum absolute atomic E-state index is 5.76. The second-order valence-corrected chi connectivity index (χ2v) is 3.86. The Kier molecular flexibility index (Phi) is 3.39. The first-order chi connectivity index (χ1) is 8.15. The highest BCUT2D eigenvalue weighted by Crippen LogP contribution is 2.17. The van der Waals surface area contributed by atoms with Gasteiger partial charge in [-0.2, -0.15) is 0 Å². The molecule has 0 aliphatic carbocycles. The van der Waals surface area contributed by atoms with Crippen molar-refractivity contribution >= 4 is 0 Å². The van der Waals surface area contributed by atoms with Crippen molar-refractivity contribution in [1.82, 2.24) is 10.2 Å². The Labute approximate surface area is 99.6 Å². The number of aromatic nitrogens is 2. The summed E-state index contributed by atoms with van der Waals surface area (Å²) in [4.78, 5) is 0. The fourth-order valence-electron chi connectivity index (χ4n) is 1.41. The van der Waals surface area contributed by atoms with Gasteiger partial charge in [0, 0.05) is 13.0 Å². The molecule has 0 aliphatic heterocycles. The number of aryl methyl sites for hydroxylation is 1. The molecule has 0 saturated heterocycles. The predicted octanol–water partition coefficient (Wildman–Crippen LogP) is 1.98. The van der Waals surface area contributed by atoms with Gasteiger partial charge in [-0.05, 0) is 24.6 Å². The maximum Gasteiger partial charge on any atom is 0.253 e. The number of hydrogen-bond donors (Lipinski definition) is 1. The molecule has 1 heterocycles. The van der Waals surface area contributed by atoms with Crippen LogP contribution < -0.4 is 10.5 Å². The van der Waals surface area contributed by atoms with Gasteiger partial charge in [0.2, 0.25) is 5.89 Å². The fraction of sp³-hybridized carbons (Fsp3) is 0.333. The average Bonchev–Trinajstić information content (AvgIpc) is 2.73. The summed E-state index contributed by atoms with van der Waals surface area (Å²) in [5, 5.41) is 7.57. The van der Waals surface area contributed by atoms with E-state index in [1.807, 2.05) is 31.2 Å². The molecule has 0 spiro atoms. The Morgan fingerprint density at radius 3 is 2.53 bits per heavy atom. The van der Waals surface area contributed by atoms with E-state index in [4.69, 9.17) is 14.9 Å². The lowest BCUT2D eigenvalue weighted by Gasteiger charge is -2.07. The van der Waals surface area contributed by atoms with Gasteiger partial charge >= 0.3 is 0 Å². The Hall–Kier alpha value is -1.88. The Morgan fingerprint density at radius 2 is 2.00 bits per heavy atom. The zero-order chi connectivity index (χ0) is 12.3. The fourth-order valence-corrected chi connectivity index (χ4v) is 1.41. The van der Waals surface area contributed by atoms with Crippen LogP contribution in [0.15, 0.2) is 28.7 Å². The van der Waals surface area contributed by atoms with Crippen LogP contribution in [0.4, 0.5) is 0 Å². The number of hydrogen-bond acceptors (Lipinski definition) is 5. The van der Waals surface area contributed by atoms with Gasteiger partial charge < -0.3 is 14.9 Å². The zero-order valence-corrected chi connectivity index (χ0v) is 9.88. The molecule has 5 heteroatoms. The average molecular weight is 233 g/mol. The molecule has 5 nitrogen and oxygen atoms in total. The highest BCUT2D eigenvalue weighted by atomic mass is 16.5. The SMILES string of the molecule is Cc1nnc(COc2ccc([C@H](C)N)cc2)o1. The molecule has 2 aromatic rings. The molecule has 1 aromatic carbocycles. The molecule has 1 atom stereocenters. The minimum atomic E-state index is 0.0302. The van der Waals surface area contributed by atoms with E-state index in [1.165, 1.54) is 0 Å². The first-order valence-corrected chi connectivity index (χ1v) is 5.42. The van der Waals surface area contributed by atoms with E-state index < -0.39 is 0 Å². The molecule has 0 aliphatic rings. The van der Waals surface area contributed by atoms with E-state index in [0.717, 1.165) is 11.3 Å². The molecule has 0 bridgehead atoms. The summed E-state index contributed by atoms with van der Waals surface area (Å²) in [6, 6.07) is 7.67. The monoisotopic (exact) mass is 233 g/mol. The molecule has 1 aromatic heterocycles. The summed E-state index contributed by atoms with van der Waals surface area (Å²) in [7, 11) is 0. The van der Waals surface area contributed by atoms with Gasteiger partial charge in [-0.25, -0.2) is 0 Å². The van der Waals surface area contributed by atoms with Crippen molar-refractivity contribution in [2.45, 2.75) is 26.5 Å². The lowest BCUT2D eigenvalue weighted by Crippen LogP contribution is -2.04. The molecule has 0 fully saturated rings. The van der Waals surface area contributed by atoms with Gasteiger partial charge in [0.25, 0.3) is 5.89 Å². The van der Waals surface area contributed by atoms with Crippen LogP contribution in [0.2, 0.25) is 0 Å². The number of rotatable bonds is 4. The van der Waals surface area contributed by atoms with Crippen LogP contribution in [-0.4, -0.2) is 10.2 Å². The molecule has 2 rings (SSSR count). The Morgan fingerprint density at radius 1 is 1.29 bits per heavy atom. The van der Waals surface area contributed by atoms with E-state index in [-0.39, 0.29) is 12.6 Å². The lowest BCUT2D eigenvalue weighted by molar-refractivity contribution is 0.260. The van der Waals surface area contributed by atoms with Crippen LogP contribution >= 0.6 is 0 Å². The van der Waals surface area contributed by atoms with Crippen molar-refractivity contribution in [1.29, 1.82) is 0 Å². The van der Waals surface area contributed by atoms with Crippen molar-refractivity contribution < 1.29 is 9.15 Å². The van der Waals surface area contributed by atoms with Crippen LogP contribution in [0.1, 0.15) is 30.3 Å². The van der Waals surface area contributed by atoms with E-state index in [9.17, 15) is 0 Å².